The number of likely N-dealkylation sites (tertiary alicyclic amines) is 1. The number of nitrogens with one attached hydrogen (secondary N) is 2. The van der Waals surface area contributed by atoms with E-state index in [1.807, 2.05) is 20.8 Å². The lowest BCUT2D eigenvalue weighted by molar-refractivity contribution is -0.141. The normalized spacial score (nSPS) is 16.5. The molecule has 0 aromatic carbocycles. The molecule has 7 heteroatoms. The van der Waals surface area contributed by atoms with Crippen molar-refractivity contribution >= 4 is 17.9 Å². The van der Waals surface area contributed by atoms with E-state index < -0.39 is 23.5 Å². The molecule has 0 aliphatic carbocycles. The van der Waals surface area contributed by atoms with Gasteiger partial charge in [-0.05, 0) is 30.3 Å². The smallest absolute Gasteiger partial charge is 0.249 e. The van der Waals surface area contributed by atoms with Gasteiger partial charge in [0.1, 0.15) is 12.1 Å². The van der Waals surface area contributed by atoms with Gasteiger partial charge >= 0.3 is 0 Å². The van der Waals surface area contributed by atoms with Crippen LogP contribution in [-0.4, -0.2) is 54.0 Å². The molecule has 0 aromatic rings. The summed E-state index contributed by atoms with van der Waals surface area (Å²) >= 11 is 0. The van der Waals surface area contributed by atoms with Gasteiger partial charge in [-0.1, -0.05) is 60.3 Å². The highest BCUT2D eigenvalue weighted by atomic mass is 16.2. The van der Waals surface area contributed by atoms with Crippen LogP contribution >= 0.6 is 0 Å². The molecule has 1 rings (SSSR count). The first-order chi connectivity index (χ1) is 16.0. The van der Waals surface area contributed by atoms with Gasteiger partial charge in [0, 0.05) is 25.2 Å². The zero-order valence-electron chi connectivity index (χ0n) is 21.6. The highest BCUT2D eigenvalue weighted by molar-refractivity contribution is 5.91. The highest BCUT2D eigenvalue weighted by Gasteiger charge is 2.41. The van der Waals surface area contributed by atoms with Gasteiger partial charge in [-0.25, -0.2) is 4.79 Å². The summed E-state index contributed by atoms with van der Waals surface area (Å²) in [5.41, 5.74) is 0.644. The fourth-order valence-electron chi connectivity index (χ4n) is 3.48. The molecule has 2 amide bonds. The Morgan fingerprint density at radius 3 is 2.41 bits per heavy atom. The summed E-state index contributed by atoms with van der Waals surface area (Å²) in [6.07, 6.45) is 12.0. The Kier molecular flexibility index (Phi) is 14.3. The standard InChI is InChI=1S/C24H34N4O3.C3H8/c1-8-10-12-19(17(3)18(4)25-14-9-2)27-22(30)20-13-11-15-28(20)23(31)21(26-16-29)24(5,6)7;1-3-2/h1,9,19-21,25H,2-4,10-15H2,5-7H3,(H,27,30);3H2,1-2H3. The molecule has 0 radical (unpaired) electrons. The lowest BCUT2D eigenvalue weighted by atomic mass is 9.86. The first kappa shape index (κ1) is 30.9. The van der Waals surface area contributed by atoms with E-state index in [4.69, 9.17) is 6.42 Å². The van der Waals surface area contributed by atoms with Crippen molar-refractivity contribution in [2.45, 2.75) is 84.8 Å². The van der Waals surface area contributed by atoms with Crippen LogP contribution in [0.2, 0.25) is 0 Å². The van der Waals surface area contributed by atoms with Crippen molar-refractivity contribution in [2.75, 3.05) is 13.1 Å². The predicted molar refractivity (Wildman–Crippen MR) is 139 cm³/mol. The molecule has 1 heterocycles. The summed E-state index contributed by atoms with van der Waals surface area (Å²) in [7, 11) is 0. The second-order valence-electron chi connectivity index (χ2n) is 9.36. The Morgan fingerprint density at radius 1 is 1.29 bits per heavy atom. The number of hydrogen-bond donors (Lipinski definition) is 2. The van der Waals surface area contributed by atoms with E-state index in [1.165, 1.54) is 17.4 Å². The van der Waals surface area contributed by atoms with Crippen molar-refractivity contribution in [1.29, 1.82) is 0 Å². The molecule has 0 aromatic heterocycles. The second kappa shape index (κ2) is 15.7. The summed E-state index contributed by atoms with van der Waals surface area (Å²) in [4.78, 5) is 42.3. The third-order valence-corrected chi connectivity index (χ3v) is 5.24. The van der Waals surface area contributed by atoms with E-state index >= 15 is 0 Å². The van der Waals surface area contributed by atoms with Gasteiger partial charge < -0.3 is 15.5 Å². The minimum Gasteiger partial charge on any atom is -0.382 e. The Balaban J connectivity index is 0.00000343. The second-order valence-corrected chi connectivity index (χ2v) is 9.36. The molecule has 7 nitrogen and oxygen atoms in total. The van der Waals surface area contributed by atoms with Crippen LogP contribution < -0.4 is 10.6 Å². The van der Waals surface area contributed by atoms with Crippen LogP contribution in [0.3, 0.4) is 0 Å². The quantitative estimate of drug-likeness (QED) is 0.158. The van der Waals surface area contributed by atoms with Crippen LogP contribution in [0.5, 0.6) is 0 Å². The van der Waals surface area contributed by atoms with Gasteiger partial charge in [0.25, 0.3) is 0 Å². The van der Waals surface area contributed by atoms with Crippen molar-refractivity contribution in [3.8, 4) is 12.3 Å². The first-order valence-corrected chi connectivity index (χ1v) is 11.8. The minimum absolute atomic E-state index is 0.284. The van der Waals surface area contributed by atoms with Crippen molar-refractivity contribution in [3.05, 3.63) is 37.1 Å². The maximum atomic E-state index is 13.1. The number of amides is 2. The fraction of sp³-hybridized carbons (Fsp3) is 0.593. The molecule has 1 fully saturated rings. The van der Waals surface area contributed by atoms with Crippen molar-refractivity contribution in [2.24, 2.45) is 10.4 Å². The topological polar surface area (TPSA) is 90.9 Å². The van der Waals surface area contributed by atoms with Gasteiger partial charge in [0.05, 0.1) is 6.04 Å². The van der Waals surface area contributed by atoms with Gasteiger partial charge in [0.2, 0.25) is 17.9 Å². The molecular weight excluding hydrogens is 428 g/mol. The maximum Gasteiger partial charge on any atom is 0.249 e. The maximum absolute atomic E-state index is 13.1. The molecule has 1 saturated heterocycles. The predicted octanol–water partition coefficient (Wildman–Crippen LogP) is 3.89. The van der Waals surface area contributed by atoms with Crippen LogP contribution in [-0.2, 0) is 14.4 Å². The molecule has 3 unspecified atom stereocenters. The van der Waals surface area contributed by atoms with E-state index in [0.717, 1.165) is 0 Å². The molecule has 0 saturated carbocycles. The molecule has 1 aliphatic rings. The van der Waals surface area contributed by atoms with E-state index in [0.29, 0.717) is 50.0 Å². The number of rotatable bonds is 11. The van der Waals surface area contributed by atoms with Gasteiger partial charge in [-0.2, -0.15) is 4.99 Å². The highest BCUT2D eigenvalue weighted by Crippen LogP contribution is 2.28. The van der Waals surface area contributed by atoms with Crippen LogP contribution in [0.15, 0.2) is 42.1 Å². The molecule has 0 bridgehead atoms. The van der Waals surface area contributed by atoms with E-state index in [1.54, 1.807) is 6.08 Å². The Bertz CT molecular complexity index is 813. The first-order valence-electron chi connectivity index (χ1n) is 11.8. The number of isocyanates is 1. The minimum atomic E-state index is -0.895. The summed E-state index contributed by atoms with van der Waals surface area (Å²) in [6, 6.07) is -1.96. The van der Waals surface area contributed by atoms with Gasteiger partial charge in [-0.3, -0.25) is 9.59 Å². The zero-order chi connectivity index (χ0) is 26.3. The molecule has 34 heavy (non-hydrogen) atoms. The number of nitrogens with zero attached hydrogens (tertiary/aromatic N) is 2. The Morgan fingerprint density at radius 2 is 1.91 bits per heavy atom. The number of hydrogen-bond acceptors (Lipinski definition) is 5. The van der Waals surface area contributed by atoms with Crippen LogP contribution in [0.1, 0.15) is 66.7 Å². The van der Waals surface area contributed by atoms with Crippen LogP contribution in [0.4, 0.5) is 0 Å². The summed E-state index contributed by atoms with van der Waals surface area (Å²) < 4.78 is 0. The summed E-state index contributed by atoms with van der Waals surface area (Å²) in [6.45, 7) is 22.4. The number of carbonyl (C=O) groups is 2. The SMILES string of the molecule is C#CCCC(NC(=O)C1CCCN1C(=O)C(N=C=O)C(C)(C)C)C(=C)C(=C)NCC=C.CCC. The van der Waals surface area contributed by atoms with Gasteiger partial charge in [0.15, 0.2) is 0 Å². The molecule has 3 atom stereocenters. The van der Waals surface area contributed by atoms with Gasteiger partial charge in [-0.15, -0.1) is 18.9 Å². The molecular formula is C27H42N4O3. The average Bonchev–Trinajstić information content (AvgIpc) is 3.27. The lowest BCUT2D eigenvalue weighted by Crippen LogP contribution is -2.53. The van der Waals surface area contributed by atoms with Crippen molar-refractivity contribution in [3.63, 3.8) is 0 Å². The molecule has 0 spiro atoms. The van der Waals surface area contributed by atoms with Crippen molar-refractivity contribution < 1.29 is 14.4 Å². The van der Waals surface area contributed by atoms with Crippen molar-refractivity contribution in [1.82, 2.24) is 15.5 Å². The lowest BCUT2D eigenvalue weighted by Gasteiger charge is -2.32. The summed E-state index contributed by atoms with van der Waals surface area (Å²) in [5, 5.41) is 6.06. The largest absolute Gasteiger partial charge is 0.382 e. The Hall–Kier alpha value is -3.10. The molecule has 188 valence electrons. The van der Waals surface area contributed by atoms with E-state index in [9.17, 15) is 14.4 Å². The molecule has 1 aliphatic heterocycles. The third-order valence-electron chi connectivity index (χ3n) is 5.24. The van der Waals surface area contributed by atoms with E-state index in [-0.39, 0.29) is 11.8 Å². The number of carbonyl (C=O) groups excluding carboxylic acids is 3. The van der Waals surface area contributed by atoms with Crippen LogP contribution in [0.25, 0.3) is 0 Å². The molecule has 2 N–H and O–H groups in total. The zero-order valence-corrected chi connectivity index (χ0v) is 21.6. The number of aliphatic imine (C=N–C) groups is 1. The monoisotopic (exact) mass is 470 g/mol. The fourth-order valence-corrected chi connectivity index (χ4v) is 3.48. The summed E-state index contributed by atoms with van der Waals surface area (Å²) in [5.74, 6) is 1.95. The van der Waals surface area contributed by atoms with Crippen LogP contribution in [0, 0.1) is 17.8 Å². The Labute approximate surface area is 205 Å². The third kappa shape index (κ3) is 9.80. The number of terminal acetylenes is 1. The van der Waals surface area contributed by atoms with E-state index in [2.05, 4.69) is 55.1 Å². The average molecular weight is 471 g/mol.